The number of rotatable bonds is 19. The maximum atomic E-state index is 10.1. The molecule has 0 saturated carbocycles. The smallest absolute Gasteiger partial charge is 0.114 e. The minimum absolute atomic E-state index is 0.266. The Morgan fingerprint density at radius 2 is 1.45 bits per heavy atom. The van der Waals surface area contributed by atoms with Crippen LogP contribution in [0, 0.1) is 0 Å². The summed E-state index contributed by atoms with van der Waals surface area (Å²) < 4.78 is 11.0. The van der Waals surface area contributed by atoms with Crippen LogP contribution >= 0.6 is 0 Å². The first-order chi connectivity index (χ1) is 14.2. The summed E-state index contributed by atoms with van der Waals surface area (Å²) in [5.41, 5.74) is 0. The van der Waals surface area contributed by atoms with Gasteiger partial charge in [-0.2, -0.15) is 0 Å². The van der Waals surface area contributed by atoms with Crippen molar-refractivity contribution in [3.8, 4) is 0 Å². The molecule has 0 aromatic carbocycles. The van der Waals surface area contributed by atoms with Crippen molar-refractivity contribution < 1.29 is 24.8 Å². The third-order valence-corrected chi connectivity index (χ3v) is 5.72. The largest absolute Gasteiger partial charge is 0.394 e. The summed E-state index contributed by atoms with van der Waals surface area (Å²) in [4.78, 5) is 0. The summed E-state index contributed by atoms with van der Waals surface area (Å²) in [7, 11) is 0. The van der Waals surface area contributed by atoms with Gasteiger partial charge in [0.1, 0.15) is 24.4 Å². The average Bonchev–Trinajstić information content (AvgIpc) is 3.10. The van der Waals surface area contributed by atoms with Crippen molar-refractivity contribution in [1.82, 2.24) is 0 Å². The zero-order valence-corrected chi connectivity index (χ0v) is 18.6. The fourth-order valence-electron chi connectivity index (χ4n) is 3.79. The maximum absolute atomic E-state index is 10.1. The Bertz CT molecular complexity index is 387. The first kappa shape index (κ1) is 26.6. The monoisotopic (exact) mass is 414 g/mol. The van der Waals surface area contributed by atoms with E-state index < -0.39 is 31.0 Å². The molecule has 1 aliphatic heterocycles. The van der Waals surface area contributed by atoms with Crippen molar-refractivity contribution in [3.05, 3.63) is 12.2 Å². The van der Waals surface area contributed by atoms with E-state index >= 15 is 0 Å². The van der Waals surface area contributed by atoms with Crippen LogP contribution in [0.25, 0.3) is 0 Å². The van der Waals surface area contributed by atoms with Crippen molar-refractivity contribution in [3.63, 3.8) is 0 Å². The number of aliphatic hydroxyl groups excluding tert-OH is 3. The predicted octanol–water partition coefficient (Wildman–Crippen LogP) is 4.52. The highest BCUT2D eigenvalue weighted by molar-refractivity contribution is 4.88. The summed E-state index contributed by atoms with van der Waals surface area (Å²) in [5.74, 6) is 0. The third-order valence-electron chi connectivity index (χ3n) is 5.72. The van der Waals surface area contributed by atoms with Crippen LogP contribution < -0.4 is 0 Å². The van der Waals surface area contributed by atoms with Crippen LogP contribution in [0.2, 0.25) is 0 Å². The highest BCUT2D eigenvalue weighted by atomic mass is 16.6. The lowest BCUT2D eigenvalue weighted by atomic mass is 10.1. The molecule has 1 aliphatic rings. The number of hydrogen-bond acceptors (Lipinski definition) is 5. The summed E-state index contributed by atoms with van der Waals surface area (Å²) >= 11 is 0. The number of ether oxygens (including phenoxy) is 2. The lowest BCUT2D eigenvalue weighted by molar-refractivity contribution is -0.0730. The Morgan fingerprint density at radius 3 is 2.03 bits per heavy atom. The van der Waals surface area contributed by atoms with Gasteiger partial charge in [-0.25, -0.2) is 0 Å². The lowest BCUT2D eigenvalue weighted by Crippen LogP contribution is -2.41. The molecule has 5 heteroatoms. The van der Waals surface area contributed by atoms with Gasteiger partial charge in [-0.3, -0.25) is 0 Å². The van der Waals surface area contributed by atoms with E-state index in [4.69, 9.17) is 14.6 Å². The molecule has 0 radical (unpaired) electrons. The molecule has 3 N–H and O–H groups in total. The molecule has 1 heterocycles. The van der Waals surface area contributed by atoms with Gasteiger partial charge >= 0.3 is 0 Å². The highest BCUT2D eigenvalue weighted by Gasteiger charge is 2.40. The maximum Gasteiger partial charge on any atom is 0.114 e. The van der Waals surface area contributed by atoms with E-state index in [9.17, 15) is 10.2 Å². The molecule has 4 atom stereocenters. The molecule has 29 heavy (non-hydrogen) atoms. The van der Waals surface area contributed by atoms with Gasteiger partial charge in [0.2, 0.25) is 0 Å². The van der Waals surface area contributed by atoms with Gasteiger partial charge in [-0.05, 0) is 32.1 Å². The van der Waals surface area contributed by atoms with Crippen LogP contribution in [0.3, 0.4) is 0 Å². The van der Waals surface area contributed by atoms with Gasteiger partial charge in [-0.15, -0.1) is 0 Å². The highest BCUT2D eigenvalue weighted by Crippen LogP contribution is 2.20. The quantitative estimate of drug-likeness (QED) is 0.214. The molecule has 0 aromatic heterocycles. The Morgan fingerprint density at radius 1 is 0.897 bits per heavy atom. The summed E-state index contributed by atoms with van der Waals surface area (Å²) in [6.07, 6.45) is 19.6. The van der Waals surface area contributed by atoms with Gasteiger partial charge in [0.05, 0.1) is 13.2 Å². The van der Waals surface area contributed by atoms with Crippen molar-refractivity contribution in [2.24, 2.45) is 0 Å². The van der Waals surface area contributed by atoms with Gasteiger partial charge in [0.15, 0.2) is 0 Å². The van der Waals surface area contributed by atoms with Gasteiger partial charge < -0.3 is 24.8 Å². The molecule has 5 nitrogen and oxygen atoms in total. The average molecular weight is 415 g/mol. The Kier molecular flexibility index (Phi) is 16.8. The second kappa shape index (κ2) is 18.3. The van der Waals surface area contributed by atoms with Gasteiger partial charge in [-0.1, -0.05) is 76.9 Å². The summed E-state index contributed by atoms with van der Waals surface area (Å²) in [6, 6.07) is 0. The number of aliphatic hydroxyl groups is 3. The molecule has 0 aliphatic carbocycles. The first-order valence-corrected chi connectivity index (χ1v) is 12.1. The van der Waals surface area contributed by atoms with Crippen molar-refractivity contribution in [2.45, 2.75) is 121 Å². The van der Waals surface area contributed by atoms with Crippen molar-refractivity contribution >= 4 is 0 Å². The van der Waals surface area contributed by atoms with E-state index in [1.54, 1.807) is 0 Å². The summed E-state index contributed by atoms with van der Waals surface area (Å²) in [6.45, 7) is 2.70. The van der Waals surface area contributed by atoms with Crippen LogP contribution in [0.15, 0.2) is 12.2 Å². The minimum Gasteiger partial charge on any atom is -0.394 e. The SMILES string of the molecule is CCCCCCCCCCCC/C=C/CCCCO[C@H]1CO[C@@H]([C@H](O)CO)[C@H]1O. The molecular formula is C24H46O5. The molecule has 1 rings (SSSR count). The molecule has 0 aromatic rings. The second-order valence-corrected chi connectivity index (χ2v) is 8.39. The Balaban J connectivity index is 1.84. The first-order valence-electron chi connectivity index (χ1n) is 12.1. The van der Waals surface area contributed by atoms with Gasteiger partial charge in [0.25, 0.3) is 0 Å². The zero-order valence-electron chi connectivity index (χ0n) is 18.6. The van der Waals surface area contributed by atoms with Crippen LogP contribution in [-0.4, -0.2) is 59.6 Å². The van der Waals surface area contributed by atoms with E-state index in [2.05, 4.69) is 19.1 Å². The standard InChI is InChI=1S/C24H46O5/c1-2-3-4-5-6-7-8-9-10-11-12-13-14-15-16-17-18-28-22-20-29-24(23(22)27)21(26)19-25/h13-14,21-27H,2-12,15-20H2,1H3/b14-13+/t21-,22+,23+,24+/m1/s1. The van der Waals surface area contributed by atoms with Crippen molar-refractivity contribution in [1.29, 1.82) is 0 Å². The lowest BCUT2D eigenvalue weighted by Gasteiger charge is -2.20. The van der Waals surface area contributed by atoms with E-state index in [0.29, 0.717) is 6.61 Å². The molecule has 172 valence electrons. The van der Waals surface area contributed by atoms with E-state index in [-0.39, 0.29) is 6.61 Å². The van der Waals surface area contributed by atoms with E-state index in [1.165, 1.54) is 70.6 Å². The van der Waals surface area contributed by atoms with E-state index in [0.717, 1.165) is 19.3 Å². The predicted molar refractivity (Wildman–Crippen MR) is 118 cm³/mol. The number of hydrogen-bond donors (Lipinski definition) is 3. The Labute approximate surface area is 178 Å². The Hall–Kier alpha value is -0.460. The topological polar surface area (TPSA) is 79.2 Å². The van der Waals surface area contributed by atoms with Crippen LogP contribution in [0.1, 0.15) is 96.8 Å². The molecule has 1 saturated heterocycles. The van der Waals surface area contributed by atoms with Crippen LogP contribution in [0.5, 0.6) is 0 Å². The molecule has 0 amide bonds. The van der Waals surface area contributed by atoms with Crippen LogP contribution in [-0.2, 0) is 9.47 Å². The second-order valence-electron chi connectivity index (χ2n) is 8.39. The van der Waals surface area contributed by atoms with Crippen molar-refractivity contribution in [2.75, 3.05) is 19.8 Å². The molecular weight excluding hydrogens is 368 g/mol. The fraction of sp³-hybridized carbons (Fsp3) is 0.917. The number of unbranched alkanes of at least 4 members (excludes halogenated alkanes) is 12. The summed E-state index contributed by atoms with van der Waals surface area (Å²) in [5, 5.41) is 28.6. The molecule has 1 fully saturated rings. The molecule has 0 spiro atoms. The van der Waals surface area contributed by atoms with Gasteiger partial charge in [0, 0.05) is 6.61 Å². The molecule has 0 unspecified atom stereocenters. The normalized spacial score (nSPS) is 23.2. The molecule has 0 bridgehead atoms. The number of allylic oxidation sites excluding steroid dienone is 2. The zero-order chi connectivity index (χ0) is 21.2. The minimum atomic E-state index is -1.06. The third kappa shape index (κ3) is 12.7. The van der Waals surface area contributed by atoms with E-state index in [1.807, 2.05) is 0 Å². The van der Waals surface area contributed by atoms with Crippen LogP contribution in [0.4, 0.5) is 0 Å². The fourth-order valence-corrected chi connectivity index (χ4v) is 3.79.